The maximum atomic E-state index is 11.9. The Bertz CT molecular complexity index is 756. The van der Waals surface area contributed by atoms with Crippen LogP contribution in [0.3, 0.4) is 0 Å². The van der Waals surface area contributed by atoms with Crippen LogP contribution in [0.2, 0.25) is 0 Å². The van der Waals surface area contributed by atoms with Crippen LogP contribution in [-0.4, -0.2) is 15.6 Å². The highest BCUT2D eigenvalue weighted by Gasteiger charge is 2.32. The summed E-state index contributed by atoms with van der Waals surface area (Å²) in [5, 5.41) is 5.04. The highest BCUT2D eigenvalue weighted by atomic mass is 16.3. The molecule has 0 fully saturated rings. The molecule has 19 heavy (non-hydrogen) atoms. The van der Waals surface area contributed by atoms with Gasteiger partial charge in [0.15, 0.2) is 0 Å². The Labute approximate surface area is 106 Å². The van der Waals surface area contributed by atoms with Crippen molar-refractivity contribution >= 4 is 11.8 Å². The third-order valence-corrected chi connectivity index (χ3v) is 2.98. The van der Waals surface area contributed by atoms with Crippen molar-refractivity contribution in [3.05, 3.63) is 50.6 Å². The van der Waals surface area contributed by atoms with Gasteiger partial charge in [-0.1, -0.05) is 0 Å². The van der Waals surface area contributed by atoms with Gasteiger partial charge >= 0.3 is 11.7 Å². The first-order valence-corrected chi connectivity index (χ1v) is 5.52. The van der Waals surface area contributed by atoms with Gasteiger partial charge in [0.25, 0.3) is 5.56 Å². The minimum absolute atomic E-state index is 0.166. The normalized spacial score (nSPS) is 17.5. The average Bonchev–Trinajstić information content (AvgIpc) is 2.88. The molecule has 0 aliphatic carbocycles. The van der Waals surface area contributed by atoms with Crippen LogP contribution in [0.15, 0.2) is 32.4 Å². The molecule has 0 bridgehead atoms. The largest absolute Gasteiger partial charge is 0.467 e. The van der Waals surface area contributed by atoms with E-state index in [4.69, 9.17) is 4.42 Å². The van der Waals surface area contributed by atoms with Gasteiger partial charge in [-0.05, 0) is 12.1 Å². The van der Waals surface area contributed by atoms with Gasteiger partial charge in [0, 0.05) is 7.05 Å². The Morgan fingerprint density at radius 2 is 2.11 bits per heavy atom. The summed E-state index contributed by atoms with van der Waals surface area (Å²) in [4.78, 5) is 37.3. The van der Waals surface area contributed by atoms with Crippen molar-refractivity contribution < 1.29 is 9.21 Å². The number of hydrogen-bond donors (Lipinski definition) is 3. The van der Waals surface area contributed by atoms with Crippen molar-refractivity contribution in [1.82, 2.24) is 14.9 Å². The summed E-state index contributed by atoms with van der Waals surface area (Å²) in [6, 6.07) is 2.06. The molecule has 0 saturated carbocycles. The van der Waals surface area contributed by atoms with E-state index in [0.717, 1.165) is 0 Å². The van der Waals surface area contributed by atoms with E-state index in [1.165, 1.54) is 17.9 Å². The fourth-order valence-corrected chi connectivity index (χ4v) is 2.07. The van der Waals surface area contributed by atoms with Crippen LogP contribution in [0.25, 0.3) is 0 Å². The SMILES string of the molecule is Cn1c2c(c(=O)[nH]c1=O)[C@H](c1ccco1)NC(=O)N2. The Morgan fingerprint density at radius 1 is 1.32 bits per heavy atom. The lowest BCUT2D eigenvalue weighted by atomic mass is 10.1. The Balaban J connectivity index is 2.30. The van der Waals surface area contributed by atoms with E-state index in [1.54, 1.807) is 12.1 Å². The summed E-state index contributed by atoms with van der Waals surface area (Å²) in [6.07, 6.45) is 1.44. The molecular weight excluding hydrogens is 252 g/mol. The van der Waals surface area contributed by atoms with Crippen LogP contribution < -0.4 is 21.9 Å². The van der Waals surface area contributed by atoms with Gasteiger partial charge in [0.05, 0.1) is 11.8 Å². The van der Waals surface area contributed by atoms with E-state index in [1.807, 2.05) is 0 Å². The maximum Gasteiger partial charge on any atom is 0.329 e. The third-order valence-electron chi connectivity index (χ3n) is 2.98. The number of nitrogens with zero attached hydrogens (tertiary/aromatic N) is 1. The number of carbonyl (C=O) groups excluding carboxylic acids is 1. The van der Waals surface area contributed by atoms with Crippen molar-refractivity contribution in [2.45, 2.75) is 6.04 Å². The third kappa shape index (κ3) is 1.65. The van der Waals surface area contributed by atoms with Crippen molar-refractivity contribution in [2.75, 3.05) is 5.32 Å². The first-order valence-electron chi connectivity index (χ1n) is 5.52. The van der Waals surface area contributed by atoms with Crippen molar-refractivity contribution in [1.29, 1.82) is 0 Å². The molecular formula is C11H10N4O4. The van der Waals surface area contributed by atoms with Crippen LogP contribution in [-0.2, 0) is 7.05 Å². The summed E-state index contributed by atoms with van der Waals surface area (Å²) >= 11 is 0. The predicted octanol–water partition coefficient (Wildman–Crippen LogP) is -0.109. The predicted molar refractivity (Wildman–Crippen MR) is 65.0 cm³/mol. The molecule has 2 aromatic heterocycles. The second kappa shape index (κ2) is 3.87. The van der Waals surface area contributed by atoms with Crippen LogP contribution in [0, 0.1) is 0 Å². The summed E-state index contributed by atoms with van der Waals surface area (Å²) in [5.74, 6) is 0.583. The highest BCUT2D eigenvalue weighted by Crippen LogP contribution is 2.27. The minimum atomic E-state index is -0.728. The molecule has 3 heterocycles. The maximum absolute atomic E-state index is 11.9. The summed E-state index contributed by atoms with van der Waals surface area (Å²) in [6.45, 7) is 0. The van der Waals surface area contributed by atoms with Gasteiger partial charge in [-0.25, -0.2) is 9.59 Å². The lowest BCUT2D eigenvalue weighted by Gasteiger charge is -2.25. The van der Waals surface area contributed by atoms with E-state index in [-0.39, 0.29) is 11.4 Å². The van der Waals surface area contributed by atoms with Gasteiger partial charge in [0.1, 0.15) is 17.6 Å². The second-order valence-electron chi connectivity index (χ2n) is 4.13. The van der Waals surface area contributed by atoms with Gasteiger partial charge in [0.2, 0.25) is 0 Å². The molecule has 0 saturated heterocycles. The standard InChI is InChI=1S/C11H10N4O4/c1-15-8-6(9(16)14-11(15)18)7(12-10(17)13-8)5-3-2-4-19-5/h2-4,7H,1H3,(H2,12,13,17)(H,14,16,18)/t7-/m0/s1. The van der Waals surface area contributed by atoms with Crippen LogP contribution in [0.4, 0.5) is 10.6 Å². The number of hydrogen-bond acceptors (Lipinski definition) is 4. The summed E-state index contributed by atoms with van der Waals surface area (Å²) in [5.41, 5.74) is -0.923. The van der Waals surface area contributed by atoms with E-state index in [0.29, 0.717) is 5.76 Å². The number of H-pyrrole nitrogens is 1. The molecule has 2 aromatic rings. The second-order valence-corrected chi connectivity index (χ2v) is 4.13. The van der Waals surface area contributed by atoms with Crippen molar-refractivity contribution in [3.63, 3.8) is 0 Å². The van der Waals surface area contributed by atoms with Crippen molar-refractivity contribution in [3.8, 4) is 0 Å². The molecule has 1 aliphatic heterocycles. The molecule has 98 valence electrons. The molecule has 8 heteroatoms. The van der Waals surface area contributed by atoms with E-state index in [9.17, 15) is 14.4 Å². The fourth-order valence-electron chi connectivity index (χ4n) is 2.07. The molecule has 3 rings (SSSR count). The highest BCUT2D eigenvalue weighted by molar-refractivity contribution is 5.92. The molecule has 1 aliphatic rings. The number of carbonyl (C=O) groups is 1. The number of aromatic nitrogens is 2. The minimum Gasteiger partial charge on any atom is -0.467 e. The number of nitrogens with one attached hydrogen (secondary N) is 3. The lowest BCUT2D eigenvalue weighted by molar-refractivity contribution is 0.246. The number of fused-ring (bicyclic) bond motifs is 1. The molecule has 0 aromatic carbocycles. The Hall–Kier alpha value is -2.77. The van der Waals surface area contributed by atoms with E-state index < -0.39 is 23.3 Å². The topological polar surface area (TPSA) is 109 Å². The monoisotopic (exact) mass is 262 g/mol. The zero-order valence-electron chi connectivity index (χ0n) is 9.89. The lowest BCUT2D eigenvalue weighted by Crippen LogP contribution is -2.46. The molecule has 0 radical (unpaired) electrons. The van der Waals surface area contributed by atoms with Gasteiger partial charge < -0.3 is 9.73 Å². The smallest absolute Gasteiger partial charge is 0.329 e. The van der Waals surface area contributed by atoms with Gasteiger partial charge in [-0.15, -0.1) is 0 Å². The zero-order valence-corrected chi connectivity index (χ0v) is 9.89. The molecule has 1 atom stereocenters. The van der Waals surface area contributed by atoms with Crippen molar-refractivity contribution in [2.24, 2.45) is 7.05 Å². The zero-order chi connectivity index (χ0) is 13.6. The molecule has 0 unspecified atom stereocenters. The van der Waals surface area contributed by atoms with Gasteiger partial charge in [-0.2, -0.15) is 0 Å². The fraction of sp³-hybridized carbons (Fsp3) is 0.182. The first kappa shape index (κ1) is 11.3. The Kier molecular flexibility index (Phi) is 2.31. The van der Waals surface area contributed by atoms with E-state index >= 15 is 0 Å². The number of aromatic amines is 1. The molecule has 2 amide bonds. The number of anilines is 1. The number of furan rings is 1. The average molecular weight is 262 g/mol. The molecule has 3 N–H and O–H groups in total. The first-order chi connectivity index (χ1) is 9.08. The molecule has 0 spiro atoms. The van der Waals surface area contributed by atoms with Gasteiger partial charge in [-0.3, -0.25) is 19.7 Å². The van der Waals surface area contributed by atoms with E-state index in [2.05, 4.69) is 15.6 Å². The molecule has 8 nitrogen and oxygen atoms in total. The van der Waals surface area contributed by atoms with Crippen LogP contribution in [0.1, 0.15) is 17.4 Å². The Morgan fingerprint density at radius 3 is 2.79 bits per heavy atom. The number of amides is 2. The van der Waals surface area contributed by atoms with Crippen LogP contribution in [0.5, 0.6) is 0 Å². The summed E-state index contributed by atoms with van der Waals surface area (Å²) in [7, 11) is 1.46. The summed E-state index contributed by atoms with van der Waals surface area (Å²) < 4.78 is 6.39. The number of urea groups is 1. The quantitative estimate of drug-likeness (QED) is 0.666. The number of rotatable bonds is 1. The van der Waals surface area contributed by atoms with Crippen LogP contribution >= 0.6 is 0 Å².